The summed E-state index contributed by atoms with van der Waals surface area (Å²) < 4.78 is 34.7. The average Bonchev–Trinajstić information content (AvgIpc) is 1.99. The number of rotatable bonds is 2. The number of hydrogen-bond acceptors (Lipinski definition) is 4. The summed E-state index contributed by atoms with van der Waals surface area (Å²) in [6.07, 6.45) is 0.739. The largest absolute Gasteiger partial charge is 0.311 e. The van der Waals surface area contributed by atoms with E-state index in [1.54, 1.807) is 0 Å². The molecular weight excluding hydrogens is 247 g/mol. The van der Waals surface area contributed by atoms with Crippen molar-refractivity contribution in [3.63, 3.8) is 0 Å². The number of anilines is 1. The van der Waals surface area contributed by atoms with Gasteiger partial charge in [0.15, 0.2) is 0 Å². The van der Waals surface area contributed by atoms with Crippen LogP contribution in [0.5, 0.6) is 0 Å². The van der Waals surface area contributed by atoms with E-state index in [1.165, 1.54) is 6.92 Å². The Hall–Kier alpha value is -1.21. The molecule has 82 valence electrons. The Morgan fingerprint density at radius 1 is 1.60 bits per heavy atom. The minimum Gasteiger partial charge on any atom is -0.311 e. The van der Waals surface area contributed by atoms with E-state index in [4.69, 9.17) is 10.7 Å². The van der Waals surface area contributed by atoms with Crippen molar-refractivity contribution >= 4 is 31.5 Å². The zero-order valence-electron chi connectivity index (χ0n) is 7.49. The van der Waals surface area contributed by atoms with Gasteiger partial charge in [0.2, 0.25) is 5.91 Å². The summed E-state index contributed by atoms with van der Waals surface area (Å²) in [7, 11) is 0.770. The van der Waals surface area contributed by atoms with Crippen LogP contribution in [0.15, 0.2) is 17.2 Å². The molecule has 1 aromatic rings. The first-order valence-corrected chi connectivity index (χ1v) is 5.99. The van der Waals surface area contributed by atoms with Gasteiger partial charge in [-0.3, -0.25) is 4.79 Å². The van der Waals surface area contributed by atoms with E-state index in [1.807, 2.05) is 0 Å². The predicted octanol–water partition coefficient (Wildman–Crippen LogP) is 1.11. The maximum absolute atomic E-state index is 13.1. The first kappa shape index (κ1) is 11.9. The Morgan fingerprint density at radius 2 is 2.20 bits per heavy atom. The molecule has 1 amide bonds. The van der Waals surface area contributed by atoms with Crippen molar-refractivity contribution in [2.24, 2.45) is 0 Å². The molecule has 0 unspecified atom stereocenters. The van der Waals surface area contributed by atoms with Crippen molar-refractivity contribution in [2.75, 3.05) is 5.32 Å². The molecule has 1 aromatic heterocycles. The number of halogens is 2. The lowest BCUT2D eigenvalue weighted by atomic mass is 10.4. The number of nitrogens with one attached hydrogen (secondary N) is 1. The van der Waals surface area contributed by atoms with Crippen LogP contribution in [0.25, 0.3) is 0 Å². The molecule has 1 N–H and O–H groups in total. The SMILES string of the molecule is CC(=O)Nc1cc(F)c(S(=O)(=O)Cl)cn1. The number of hydrogen-bond donors (Lipinski definition) is 1. The van der Waals surface area contributed by atoms with Crippen LogP contribution < -0.4 is 5.32 Å². The third-order valence-corrected chi connectivity index (χ3v) is 2.71. The molecule has 1 heterocycles. The zero-order chi connectivity index (χ0) is 11.6. The quantitative estimate of drug-likeness (QED) is 0.800. The fourth-order valence-corrected chi connectivity index (χ4v) is 1.66. The van der Waals surface area contributed by atoms with E-state index < -0.39 is 25.7 Å². The van der Waals surface area contributed by atoms with Crippen molar-refractivity contribution in [1.82, 2.24) is 4.98 Å². The minimum atomic E-state index is -4.16. The van der Waals surface area contributed by atoms with Crippen LogP contribution in [0.4, 0.5) is 10.2 Å². The number of pyridine rings is 1. The standard InChI is InChI=1S/C7H6ClFN2O3S/c1-4(12)11-7-2-5(9)6(3-10-7)15(8,13)14/h2-3H,1H3,(H,10,11,12). The molecule has 0 saturated carbocycles. The summed E-state index contributed by atoms with van der Waals surface area (Å²) in [6.45, 7) is 1.21. The molecule has 0 aliphatic carbocycles. The summed E-state index contributed by atoms with van der Waals surface area (Å²) in [4.78, 5) is 13.4. The Morgan fingerprint density at radius 3 is 2.60 bits per heavy atom. The number of amides is 1. The van der Waals surface area contributed by atoms with E-state index in [9.17, 15) is 17.6 Å². The van der Waals surface area contributed by atoms with Gasteiger partial charge < -0.3 is 5.32 Å². The summed E-state index contributed by atoms with van der Waals surface area (Å²) in [5.74, 6) is -1.59. The summed E-state index contributed by atoms with van der Waals surface area (Å²) in [6, 6.07) is 0.774. The number of nitrogens with zero attached hydrogens (tertiary/aromatic N) is 1. The van der Waals surface area contributed by atoms with Crippen LogP contribution in [0.1, 0.15) is 6.92 Å². The van der Waals surface area contributed by atoms with E-state index in [-0.39, 0.29) is 5.82 Å². The van der Waals surface area contributed by atoms with Crippen LogP contribution in [-0.4, -0.2) is 19.3 Å². The Kier molecular flexibility index (Phi) is 3.25. The zero-order valence-corrected chi connectivity index (χ0v) is 9.06. The van der Waals surface area contributed by atoms with Gasteiger partial charge >= 0.3 is 0 Å². The second-order valence-electron chi connectivity index (χ2n) is 2.62. The van der Waals surface area contributed by atoms with Gasteiger partial charge in [0.25, 0.3) is 9.05 Å². The van der Waals surface area contributed by atoms with Crippen LogP contribution in [0, 0.1) is 5.82 Å². The smallest absolute Gasteiger partial charge is 0.265 e. The Labute approximate surface area is 89.7 Å². The van der Waals surface area contributed by atoms with Gasteiger partial charge in [-0.15, -0.1) is 0 Å². The summed E-state index contributed by atoms with van der Waals surface area (Å²) in [5, 5.41) is 2.20. The molecule has 8 heteroatoms. The van der Waals surface area contributed by atoms with Crippen molar-refractivity contribution < 1.29 is 17.6 Å². The van der Waals surface area contributed by atoms with Gasteiger partial charge in [0.1, 0.15) is 16.5 Å². The van der Waals surface area contributed by atoms with Gasteiger partial charge in [0.05, 0.1) is 6.20 Å². The minimum absolute atomic E-state index is 0.0796. The second-order valence-corrected chi connectivity index (χ2v) is 5.15. The first-order valence-electron chi connectivity index (χ1n) is 3.68. The number of carbonyl (C=O) groups is 1. The molecule has 15 heavy (non-hydrogen) atoms. The molecule has 0 spiro atoms. The summed E-state index contributed by atoms with van der Waals surface area (Å²) >= 11 is 0. The Balaban J connectivity index is 3.15. The predicted molar refractivity (Wildman–Crippen MR) is 51.5 cm³/mol. The Bertz CT molecular complexity index is 503. The summed E-state index contributed by atoms with van der Waals surface area (Å²) in [5.41, 5.74) is 0. The molecule has 0 radical (unpaired) electrons. The molecule has 5 nitrogen and oxygen atoms in total. The normalized spacial score (nSPS) is 11.1. The van der Waals surface area contributed by atoms with Gasteiger partial charge in [-0.25, -0.2) is 17.8 Å². The van der Waals surface area contributed by atoms with Gasteiger partial charge in [0, 0.05) is 23.7 Å². The highest BCUT2D eigenvalue weighted by Gasteiger charge is 2.17. The topological polar surface area (TPSA) is 76.1 Å². The lowest BCUT2D eigenvalue weighted by molar-refractivity contribution is -0.114. The number of carbonyl (C=O) groups excluding carboxylic acids is 1. The molecule has 0 aliphatic heterocycles. The van der Waals surface area contributed by atoms with Gasteiger partial charge in [-0.05, 0) is 0 Å². The van der Waals surface area contributed by atoms with Crippen molar-refractivity contribution in [3.05, 3.63) is 18.1 Å². The second kappa shape index (κ2) is 4.11. The van der Waals surface area contributed by atoms with Crippen molar-refractivity contribution in [3.8, 4) is 0 Å². The molecule has 0 bridgehead atoms. The lowest BCUT2D eigenvalue weighted by Crippen LogP contribution is -2.08. The fourth-order valence-electron chi connectivity index (χ4n) is 0.846. The van der Waals surface area contributed by atoms with Gasteiger partial charge in [-0.2, -0.15) is 0 Å². The van der Waals surface area contributed by atoms with E-state index >= 15 is 0 Å². The van der Waals surface area contributed by atoms with E-state index in [2.05, 4.69) is 10.3 Å². The maximum atomic E-state index is 13.1. The van der Waals surface area contributed by atoms with Crippen LogP contribution in [0.3, 0.4) is 0 Å². The van der Waals surface area contributed by atoms with E-state index in [0.717, 1.165) is 12.3 Å². The molecule has 0 aliphatic rings. The number of aromatic nitrogens is 1. The monoisotopic (exact) mass is 252 g/mol. The maximum Gasteiger partial charge on any atom is 0.265 e. The molecule has 0 fully saturated rings. The van der Waals surface area contributed by atoms with Crippen molar-refractivity contribution in [1.29, 1.82) is 0 Å². The molecule has 0 saturated heterocycles. The highest BCUT2D eigenvalue weighted by atomic mass is 35.7. The average molecular weight is 253 g/mol. The lowest BCUT2D eigenvalue weighted by Gasteiger charge is -2.02. The van der Waals surface area contributed by atoms with Crippen molar-refractivity contribution in [2.45, 2.75) is 11.8 Å². The van der Waals surface area contributed by atoms with Crippen LogP contribution >= 0.6 is 10.7 Å². The van der Waals surface area contributed by atoms with Crippen LogP contribution in [0.2, 0.25) is 0 Å². The highest BCUT2D eigenvalue weighted by Crippen LogP contribution is 2.19. The van der Waals surface area contributed by atoms with E-state index in [0.29, 0.717) is 0 Å². The third-order valence-electron chi connectivity index (χ3n) is 1.39. The van der Waals surface area contributed by atoms with Crippen LogP contribution in [-0.2, 0) is 13.8 Å². The molecule has 1 rings (SSSR count). The fraction of sp³-hybridized carbons (Fsp3) is 0.143. The van der Waals surface area contributed by atoms with Gasteiger partial charge in [-0.1, -0.05) is 0 Å². The third kappa shape index (κ3) is 3.14. The first-order chi connectivity index (χ1) is 6.80. The molecular formula is C7H6ClFN2O3S. The molecule has 0 aromatic carbocycles. The molecule has 0 atom stereocenters. The highest BCUT2D eigenvalue weighted by molar-refractivity contribution is 8.13.